The number of fused-ring (bicyclic) bond motifs is 1. The number of carbonyl (C=O) groups is 3. The van der Waals surface area contributed by atoms with E-state index >= 15 is 0 Å². The van der Waals surface area contributed by atoms with Gasteiger partial charge in [0.15, 0.2) is 0 Å². The molecule has 0 aliphatic carbocycles. The summed E-state index contributed by atoms with van der Waals surface area (Å²) in [5, 5.41) is 19.6. The van der Waals surface area contributed by atoms with E-state index in [9.17, 15) is 27.9 Å². The van der Waals surface area contributed by atoms with E-state index in [-0.39, 0.29) is 33.0 Å². The van der Waals surface area contributed by atoms with Crippen LogP contribution >= 0.6 is 11.8 Å². The lowest BCUT2D eigenvalue weighted by atomic mass is 10.0. The third-order valence-electron chi connectivity index (χ3n) is 4.79. The van der Waals surface area contributed by atoms with Gasteiger partial charge >= 0.3 is 5.97 Å². The largest absolute Gasteiger partial charge is 0.477 e. The molecule has 14 heteroatoms. The van der Waals surface area contributed by atoms with E-state index in [1.807, 2.05) is 0 Å². The highest BCUT2D eigenvalue weighted by atomic mass is 32.2. The van der Waals surface area contributed by atoms with Gasteiger partial charge in [-0.1, -0.05) is 6.07 Å². The van der Waals surface area contributed by atoms with Crippen LogP contribution in [-0.2, 0) is 36.0 Å². The number of rotatable bonds is 8. The van der Waals surface area contributed by atoms with E-state index in [2.05, 4.69) is 20.5 Å². The predicted molar refractivity (Wildman–Crippen MR) is 119 cm³/mol. The molecule has 0 aromatic carbocycles. The molecule has 1 saturated heterocycles. The van der Waals surface area contributed by atoms with E-state index in [1.165, 1.54) is 36.3 Å². The van der Waals surface area contributed by atoms with E-state index < -0.39 is 50.8 Å². The second-order valence-electron chi connectivity index (χ2n) is 6.92. The van der Waals surface area contributed by atoms with E-state index in [0.717, 1.165) is 4.90 Å². The third kappa shape index (κ3) is 4.86. The lowest BCUT2D eigenvalue weighted by Crippen LogP contribution is -2.70. The maximum absolute atomic E-state index is 12.7. The SMILES string of the molecule is O=C(CS(=O)c1ccccn1)NC1C(=O)N2C(C(=O)O)=C(CS(=O)c3cccnn3)CSC12. The third-order valence-corrected chi connectivity index (χ3v) is 8.65. The number of aromatic nitrogens is 3. The van der Waals surface area contributed by atoms with Crippen molar-refractivity contribution in [3.63, 3.8) is 0 Å². The molecular formula is C19H17N5O6S3. The molecule has 2 aliphatic heterocycles. The number of pyridine rings is 1. The van der Waals surface area contributed by atoms with Crippen LogP contribution in [0.2, 0.25) is 0 Å². The molecule has 11 nitrogen and oxygen atoms in total. The monoisotopic (exact) mass is 507 g/mol. The van der Waals surface area contributed by atoms with Crippen LogP contribution in [0.5, 0.6) is 0 Å². The van der Waals surface area contributed by atoms with Gasteiger partial charge in [-0.25, -0.2) is 9.78 Å². The first-order chi connectivity index (χ1) is 15.9. The van der Waals surface area contributed by atoms with Crippen molar-refractivity contribution < 1.29 is 27.9 Å². The fourth-order valence-corrected chi connectivity index (χ4v) is 6.75. The summed E-state index contributed by atoms with van der Waals surface area (Å²) in [5.41, 5.74) is 0.102. The first-order valence-electron chi connectivity index (χ1n) is 9.51. The van der Waals surface area contributed by atoms with Crippen LogP contribution in [-0.4, -0.2) is 80.1 Å². The zero-order valence-corrected chi connectivity index (χ0v) is 19.3. The highest BCUT2D eigenvalue weighted by Crippen LogP contribution is 2.40. The molecule has 1 fully saturated rings. The van der Waals surface area contributed by atoms with Crippen molar-refractivity contribution in [2.45, 2.75) is 21.5 Å². The van der Waals surface area contributed by atoms with Crippen molar-refractivity contribution in [3.05, 3.63) is 54.0 Å². The Balaban J connectivity index is 1.44. The Morgan fingerprint density at radius 1 is 1.15 bits per heavy atom. The average Bonchev–Trinajstić information content (AvgIpc) is 2.83. The van der Waals surface area contributed by atoms with Crippen molar-refractivity contribution in [2.24, 2.45) is 0 Å². The van der Waals surface area contributed by atoms with Crippen LogP contribution in [0.15, 0.2) is 64.0 Å². The molecule has 2 aromatic rings. The molecule has 0 bridgehead atoms. The van der Waals surface area contributed by atoms with Crippen molar-refractivity contribution >= 4 is 51.1 Å². The van der Waals surface area contributed by atoms with Gasteiger partial charge in [0.05, 0.1) is 27.4 Å². The van der Waals surface area contributed by atoms with Crippen LogP contribution in [0.25, 0.3) is 0 Å². The Kier molecular flexibility index (Phi) is 6.95. The summed E-state index contributed by atoms with van der Waals surface area (Å²) in [4.78, 5) is 42.0. The highest BCUT2D eigenvalue weighted by molar-refractivity contribution is 8.00. The van der Waals surface area contributed by atoms with Gasteiger partial charge in [-0.2, -0.15) is 5.10 Å². The molecule has 0 saturated carbocycles. The summed E-state index contributed by atoms with van der Waals surface area (Å²) in [6.07, 6.45) is 2.90. The lowest BCUT2D eigenvalue weighted by molar-refractivity contribution is -0.150. The number of hydrogen-bond acceptors (Lipinski definition) is 9. The van der Waals surface area contributed by atoms with Crippen molar-refractivity contribution in [1.82, 2.24) is 25.4 Å². The number of β-lactam (4-membered cyclic amide) rings is 1. The van der Waals surface area contributed by atoms with Gasteiger partial charge in [-0.3, -0.25) is 22.9 Å². The zero-order valence-electron chi connectivity index (χ0n) is 16.8. The molecule has 4 atom stereocenters. The van der Waals surface area contributed by atoms with Crippen molar-refractivity contribution in [1.29, 1.82) is 0 Å². The molecule has 0 radical (unpaired) electrons. The number of carboxylic acid groups (broad SMARTS) is 1. The molecule has 4 heterocycles. The Morgan fingerprint density at radius 3 is 2.61 bits per heavy atom. The second-order valence-corrected chi connectivity index (χ2v) is 10.8. The quantitative estimate of drug-likeness (QED) is 0.447. The normalized spacial score (nSPS) is 21.6. The standard InChI is InChI=1S/C19H17N5O6S3/c25-12(10-33(30)13-4-1-2-6-20-13)22-15-17(26)24-16(19(27)28)11(8-31-18(15)24)9-32(29)14-5-3-7-21-23-14/h1-7,15,18H,8-10H2,(H,22,25)(H,27,28). The summed E-state index contributed by atoms with van der Waals surface area (Å²) in [6, 6.07) is 7.01. The Hall–Kier alpha value is -2.97. The Labute approximate surface area is 197 Å². The molecule has 33 heavy (non-hydrogen) atoms. The van der Waals surface area contributed by atoms with E-state index in [1.54, 1.807) is 18.2 Å². The highest BCUT2D eigenvalue weighted by Gasteiger charge is 2.54. The summed E-state index contributed by atoms with van der Waals surface area (Å²) in [6.45, 7) is 0. The minimum Gasteiger partial charge on any atom is -0.477 e. The van der Waals surface area contributed by atoms with Gasteiger partial charge in [0, 0.05) is 18.1 Å². The van der Waals surface area contributed by atoms with Gasteiger partial charge in [-0.15, -0.1) is 16.9 Å². The fraction of sp³-hybridized carbons (Fsp3) is 0.263. The topological polar surface area (TPSA) is 160 Å². The lowest BCUT2D eigenvalue weighted by Gasteiger charge is -2.49. The Bertz CT molecular complexity index is 1180. The summed E-state index contributed by atoms with van der Waals surface area (Å²) >= 11 is 1.26. The minimum atomic E-state index is -1.68. The number of carbonyl (C=O) groups excluding carboxylic acids is 2. The average molecular weight is 508 g/mol. The number of nitrogens with zero attached hydrogens (tertiary/aromatic N) is 4. The molecule has 4 unspecified atom stereocenters. The molecule has 2 amide bonds. The summed E-state index contributed by atoms with van der Waals surface area (Å²) in [5.74, 6) is -2.78. The van der Waals surface area contributed by atoms with Crippen molar-refractivity contribution in [3.8, 4) is 0 Å². The zero-order chi connectivity index (χ0) is 23.5. The number of hydrogen-bond donors (Lipinski definition) is 2. The van der Waals surface area contributed by atoms with E-state index in [4.69, 9.17) is 0 Å². The number of carboxylic acids is 1. The number of aliphatic carboxylic acids is 1. The summed E-state index contributed by atoms with van der Waals surface area (Å²) < 4.78 is 24.9. The molecule has 2 aliphatic rings. The Morgan fingerprint density at radius 2 is 1.94 bits per heavy atom. The molecule has 2 N–H and O–H groups in total. The van der Waals surface area contributed by atoms with Gasteiger partial charge in [0.25, 0.3) is 5.91 Å². The van der Waals surface area contributed by atoms with Gasteiger partial charge in [0.1, 0.15) is 32.9 Å². The molecule has 0 spiro atoms. The van der Waals surface area contributed by atoms with Gasteiger partial charge in [0.2, 0.25) is 5.91 Å². The number of thioether (sulfide) groups is 1. The van der Waals surface area contributed by atoms with Crippen LogP contribution in [0.1, 0.15) is 0 Å². The van der Waals surface area contributed by atoms with Crippen LogP contribution in [0.4, 0.5) is 0 Å². The second kappa shape index (κ2) is 9.89. The summed E-state index contributed by atoms with van der Waals surface area (Å²) in [7, 11) is -3.31. The minimum absolute atomic E-state index is 0.107. The smallest absolute Gasteiger partial charge is 0.352 e. The fourth-order valence-electron chi connectivity index (χ4n) is 3.33. The van der Waals surface area contributed by atoms with Crippen LogP contribution < -0.4 is 5.32 Å². The molecular weight excluding hydrogens is 490 g/mol. The maximum Gasteiger partial charge on any atom is 0.352 e. The van der Waals surface area contributed by atoms with Crippen LogP contribution in [0, 0.1) is 0 Å². The molecule has 2 aromatic heterocycles. The molecule has 172 valence electrons. The first-order valence-corrected chi connectivity index (χ1v) is 13.2. The van der Waals surface area contributed by atoms with Crippen molar-refractivity contribution in [2.75, 3.05) is 17.3 Å². The maximum atomic E-state index is 12.7. The molecule has 4 rings (SSSR count). The van der Waals surface area contributed by atoms with Crippen LogP contribution in [0.3, 0.4) is 0 Å². The number of amides is 2. The predicted octanol–water partition coefficient (Wildman–Crippen LogP) is -0.474. The van der Waals surface area contributed by atoms with E-state index in [0.29, 0.717) is 5.57 Å². The first kappa shape index (κ1) is 23.2. The number of nitrogens with one attached hydrogen (secondary N) is 1. The van der Waals surface area contributed by atoms with Gasteiger partial charge in [-0.05, 0) is 29.8 Å². The van der Waals surface area contributed by atoms with Gasteiger partial charge < -0.3 is 10.4 Å².